The number of primary amides is 1. The van der Waals surface area contributed by atoms with Gasteiger partial charge in [-0.15, -0.1) is 0 Å². The van der Waals surface area contributed by atoms with Gasteiger partial charge < -0.3 is 16.8 Å². The number of anilines is 2. The Bertz CT molecular complexity index is 643. The Kier molecular flexibility index (Phi) is 4.15. The van der Waals surface area contributed by atoms with E-state index in [-0.39, 0.29) is 6.04 Å². The average molecular weight is 290 g/mol. The van der Waals surface area contributed by atoms with Crippen molar-refractivity contribution in [3.8, 4) is 0 Å². The Morgan fingerprint density at radius 1 is 1.25 bits per heavy atom. The number of carbonyl (C=O) groups excluding carboxylic acids is 1. The second-order valence-corrected chi connectivity index (χ2v) is 5.03. The highest BCUT2D eigenvalue weighted by atomic mass is 35.5. The van der Waals surface area contributed by atoms with Crippen molar-refractivity contribution in [1.29, 1.82) is 0 Å². The number of nitrogen functional groups attached to an aromatic ring is 1. The van der Waals surface area contributed by atoms with E-state index in [4.69, 9.17) is 23.1 Å². The molecule has 1 amide bonds. The lowest BCUT2D eigenvalue weighted by atomic mass is 10.1. The molecule has 0 heterocycles. The van der Waals surface area contributed by atoms with Crippen LogP contribution in [-0.4, -0.2) is 5.91 Å². The van der Waals surface area contributed by atoms with Crippen molar-refractivity contribution in [3.05, 3.63) is 58.6 Å². The van der Waals surface area contributed by atoms with Gasteiger partial charge in [-0.25, -0.2) is 0 Å². The number of nitrogens with two attached hydrogens (primary N) is 2. The number of benzene rings is 2. The van der Waals surface area contributed by atoms with Crippen LogP contribution in [0.15, 0.2) is 42.5 Å². The van der Waals surface area contributed by atoms with E-state index in [0.29, 0.717) is 22.0 Å². The van der Waals surface area contributed by atoms with Crippen LogP contribution in [0.25, 0.3) is 0 Å². The van der Waals surface area contributed by atoms with Crippen molar-refractivity contribution < 1.29 is 4.79 Å². The fourth-order valence-corrected chi connectivity index (χ4v) is 2.19. The molecule has 2 aromatic carbocycles. The second-order valence-electron chi connectivity index (χ2n) is 4.59. The summed E-state index contributed by atoms with van der Waals surface area (Å²) in [4.78, 5) is 11.4. The normalized spacial score (nSPS) is 11.9. The molecule has 1 atom stereocenters. The molecule has 104 valence electrons. The SMILES string of the molecule is CC(Nc1cc(N)ccc1C(N)=O)c1cccc(Cl)c1. The predicted molar refractivity (Wildman–Crippen MR) is 82.9 cm³/mol. The van der Waals surface area contributed by atoms with Crippen molar-refractivity contribution >= 4 is 28.9 Å². The zero-order valence-corrected chi connectivity index (χ0v) is 11.8. The molecule has 0 bridgehead atoms. The van der Waals surface area contributed by atoms with Gasteiger partial charge >= 0.3 is 0 Å². The van der Waals surface area contributed by atoms with E-state index in [9.17, 15) is 4.79 Å². The first-order chi connectivity index (χ1) is 9.47. The largest absolute Gasteiger partial charge is 0.399 e. The Labute approximate surface area is 122 Å². The van der Waals surface area contributed by atoms with Crippen molar-refractivity contribution in [3.63, 3.8) is 0 Å². The topological polar surface area (TPSA) is 81.1 Å². The maximum atomic E-state index is 11.4. The molecule has 0 aromatic heterocycles. The first-order valence-corrected chi connectivity index (χ1v) is 6.56. The van der Waals surface area contributed by atoms with Crippen LogP contribution in [0.2, 0.25) is 5.02 Å². The van der Waals surface area contributed by atoms with Gasteiger partial charge in [0.1, 0.15) is 0 Å². The molecule has 4 nitrogen and oxygen atoms in total. The lowest BCUT2D eigenvalue weighted by Crippen LogP contribution is -2.16. The Morgan fingerprint density at radius 3 is 2.65 bits per heavy atom. The fraction of sp³-hybridized carbons (Fsp3) is 0.133. The summed E-state index contributed by atoms with van der Waals surface area (Å²) >= 11 is 5.98. The number of hydrogen-bond acceptors (Lipinski definition) is 3. The van der Waals surface area contributed by atoms with Crippen LogP contribution in [0, 0.1) is 0 Å². The molecule has 0 aliphatic rings. The quantitative estimate of drug-likeness (QED) is 0.756. The molecular formula is C15H16ClN3O. The lowest BCUT2D eigenvalue weighted by molar-refractivity contribution is 0.100. The van der Waals surface area contributed by atoms with Crippen LogP contribution < -0.4 is 16.8 Å². The average Bonchev–Trinajstić information content (AvgIpc) is 2.38. The Balaban J connectivity index is 2.29. The zero-order valence-electron chi connectivity index (χ0n) is 11.1. The molecule has 0 saturated heterocycles. The summed E-state index contributed by atoms with van der Waals surface area (Å²) < 4.78 is 0. The third kappa shape index (κ3) is 3.22. The van der Waals surface area contributed by atoms with E-state index in [1.54, 1.807) is 18.2 Å². The van der Waals surface area contributed by atoms with Gasteiger partial charge in [-0.05, 0) is 42.8 Å². The van der Waals surface area contributed by atoms with E-state index >= 15 is 0 Å². The molecule has 5 heteroatoms. The molecule has 1 unspecified atom stereocenters. The van der Waals surface area contributed by atoms with Crippen molar-refractivity contribution in [2.24, 2.45) is 5.73 Å². The van der Waals surface area contributed by atoms with E-state index in [0.717, 1.165) is 5.56 Å². The zero-order chi connectivity index (χ0) is 14.7. The van der Waals surface area contributed by atoms with Crippen molar-refractivity contribution in [2.45, 2.75) is 13.0 Å². The lowest BCUT2D eigenvalue weighted by Gasteiger charge is -2.18. The highest BCUT2D eigenvalue weighted by Gasteiger charge is 2.12. The van der Waals surface area contributed by atoms with Gasteiger partial charge in [0.15, 0.2) is 0 Å². The summed E-state index contributed by atoms with van der Waals surface area (Å²) in [6.45, 7) is 1.97. The minimum absolute atomic E-state index is 0.0337. The van der Waals surface area contributed by atoms with Gasteiger partial charge in [-0.3, -0.25) is 4.79 Å². The monoisotopic (exact) mass is 289 g/mol. The van der Waals surface area contributed by atoms with E-state index in [2.05, 4.69) is 5.32 Å². The number of rotatable bonds is 4. The van der Waals surface area contributed by atoms with Gasteiger partial charge in [0.25, 0.3) is 5.91 Å². The van der Waals surface area contributed by atoms with E-state index in [1.807, 2.05) is 31.2 Å². The molecule has 0 radical (unpaired) electrons. The number of nitrogens with one attached hydrogen (secondary N) is 1. The standard InChI is InChI=1S/C15H16ClN3O/c1-9(10-3-2-4-11(16)7-10)19-14-8-12(17)5-6-13(14)15(18)20/h2-9,19H,17H2,1H3,(H2,18,20). The summed E-state index contributed by atoms with van der Waals surface area (Å²) in [6, 6.07) is 12.4. The molecule has 0 fully saturated rings. The van der Waals surface area contributed by atoms with E-state index in [1.165, 1.54) is 0 Å². The maximum absolute atomic E-state index is 11.4. The van der Waals surface area contributed by atoms with Crippen molar-refractivity contribution in [2.75, 3.05) is 11.1 Å². The first-order valence-electron chi connectivity index (χ1n) is 6.18. The third-order valence-corrected chi connectivity index (χ3v) is 3.26. The highest BCUT2D eigenvalue weighted by molar-refractivity contribution is 6.30. The molecule has 20 heavy (non-hydrogen) atoms. The van der Waals surface area contributed by atoms with Gasteiger partial charge in [0.2, 0.25) is 0 Å². The van der Waals surface area contributed by atoms with Gasteiger partial charge in [-0.1, -0.05) is 23.7 Å². The summed E-state index contributed by atoms with van der Waals surface area (Å²) in [7, 11) is 0. The second kappa shape index (κ2) is 5.84. The number of carbonyl (C=O) groups is 1. The number of amides is 1. The summed E-state index contributed by atoms with van der Waals surface area (Å²) in [5.74, 6) is -0.495. The third-order valence-electron chi connectivity index (χ3n) is 3.03. The summed E-state index contributed by atoms with van der Waals surface area (Å²) in [5.41, 5.74) is 13.7. The molecule has 2 rings (SSSR count). The first kappa shape index (κ1) is 14.2. The van der Waals surface area contributed by atoms with Crippen molar-refractivity contribution in [1.82, 2.24) is 0 Å². The predicted octanol–water partition coefficient (Wildman–Crippen LogP) is 3.19. The smallest absolute Gasteiger partial charge is 0.250 e. The van der Waals surface area contributed by atoms with Crippen LogP contribution in [0.5, 0.6) is 0 Å². The molecule has 5 N–H and O–H groups in total. The highest BCUT2D eigenvalue weighted by Crippen LogP contribution is 2.25. The fourth-order valence-electron chi connectivity index (χ4n) is 1.99. The van der Waals surface area contributed by atoms with Crippen LogP contribution in [-0.2, 0) is 0 Å². The van der Waals surface area contributed by atoms with Crippen LogP contribution in [0.1, 0.15) is 28.9 Å². The van der Waals surface area contributed by atoms with Gasteiger partial charge in [-0.2, -0.15) is 0 Å². The minimum atomic E-state index is -0.495. The molecule has 2 aromatic rings. The van der Waals surface area contributed by atoms with Crippen LogP contribution in [0.4, 0.5) is 11.4 Å². The molecule has 0 aliphatic heterocycles. The number of halogens is 1. The molecular weight excluding hydrogens is 274 g/mol. The minimum Gasteiger partial charge on any atom is -0.399 e. The van der Waals surface area contributed by atoms with Gasteiger partial charge in [0.05, 0.1) is 5.56 Å². The molecule has 0 spiro atoms. The van der Waals surface area contributed by atoms with Gasteiger partial charge in [0, 0.05) is 22.4 Å². The number of hydrogen-bond donors (Lipinski definition) is 3. The molecule has 0 saturated carbocycles. The summed E-state index contributed by atoms with van der Waals surface area (Å²) in [6.07, 6.45) is 0. The Hall–Kier alpha value is -2.20. The molecule has 0 aliphatic carbocycles. The van der Waals surface area contributed by atoms with Crippen LogP contribution >= 0.6 is 11.6 Å². The van der Waals surface area contributed by atoms with Crippen LogP contribution in [0.3, 0.4) is 0 Å². The maximum Gasteiger partial charge on any atom is 0.250 e. The Morgan fingerprint density at radius 2 is 2.00 bits per heavy atom. The van der Waals surface area contributed by atoms with E-state index < -0.39 is 5.91 Å². The summed E-state index contributed by atoms with van der Waals surface area (Å²) in [5, 5.41) is 3.90.